The predicted molar refractivity (Wildman–Crippen MR) is 174 cm³/mol. The van der Waals surface area contributed by atoms with Gasteiger partial charge in [-0.05, 0) is 54.7 Å². The Labute approximate surface area is 272 Å². The molecule has 13 nitrogen and oxygen atoms in total. The summed E-state index contributed by atoms with van der Waals surface area (Å²) in [5.41, 5.74) is 13.9. The first-order valence-electron chi connectivity index (χ1n) is 15.5. The number of aromatic nitrogens is 3. The number of nitrogens with zero attached hydrogens (tertiary/aromatic N) is 7. The molecule has 3 aliphatic heterocycles. The molecule has 0 aliphatic carbocycles. The predicted octanol–water partition coefficient (Wildman–Crippen LogP) is 2.31. The third kappa shape index (κ3) is 7.26. The lowest BCUT2D eigenvalue weighted by molar-refractivity contribution is -0.130. The largest absolute Gasteiger partial charge is 0.486 e. The van der Waals surface area contributed by atoms with Crippen LogP contribution in [0.2, 0.25) is 0 Å². The summed E-state index contributed by atoms with van der Waals surface area (Å²) in [6, 6.07) is 15.8. The minimum absolute atomic E-state index is 0.170. The molecule has 47 heavy (non-hydrogen) atoms. The molecule has 0 saturated carbocycles. The van der Waals surface area contributed by atoms with Crippen molar-refractivity contribution in [2.75, 3.05) is 62.7 Å². The first kappa shape index (κ1) is 31.7. The van der Waals surface area contributed by atoms with E-state index < -0.39 is 18.2 Å². The van der Waals surface area contributed by atoms with Crippen molar-refractivity contribution in [3.63, 3.8) is 0 Å². The van der Waals surface area contributed by atoms with Crippen molar-refractivity contribution >= 4 is 23.2 Å². The van der Waals surface area contributed by atoms with Crippen molar-refractivity contribution < 1.29 is 18.7 Å². The van der Waals surface area contributed by atoms with E-state index in [-0.39, 0.29) is 36.4 Å². The molecule has 3 aliphatic rings. The van der Waals surface area contributed by atoms with E-state index in [4.69, 9.17) is 20.9 Å². The molecule has 0 unspecified atom stereocenters. The normalized spacial score (nSPS) is 20.9. The summed E-state index contributed by atoms with van der Waals surface area (Å²) in [5, 5.41) is 13.1. The Bertz CT molecular complexity index is 1670. The lowest BCUT2D eigenvalue weighted by Crippen LogP contribution is -2.56. The van der Waals surface area contributed by atoms with Crippen molar-refractivity contribution in [2.24, 2.45) is 11.5 Å². The smallest absolute Gasteiger partial charge is 0.255 e. The number of hydrogen-bond acceptors (Lipinski definition) is 12. The van der Waals surface area contributed by atoms with Crippen LogP contribution in [0.15, 0.2) is 72.8 Å². The first-order chi connectivity index (χ1) is 22.9. The lowest BCUT2D eigenvalue weighted by atomic mass is 10.0. The van der Waals surface area contributed by atoms with Gasteiger partial charge in [0.1, 0.15) is 24.3 Å². The molecule has 0 spiro atoms. The van der Waals surface area contributed by atoms with Gasteiger partial charge in [0.05, 0.1) is 36.9 Å². The quantitative estimate of drug-likeness (QED) is 0.231. The van der Waals surface area contributed by atoms with Crippen LogP contribution in [0.5, 0.6) is 5.75 Å². The Balaban J connectivity index is 1.06. The van der Waals surface area contributed by atoms with Crippen LogP contribution in [-0.4, -0.2) is 101 Å². The van der Waals surface area contributed by atoms with Crippen LogP contribution in [0.25, 0.3) is 11.4 Å². The van der Waals surface area contributed by atoms with Crippen LogP contribution < -0.4 is 26.4 Å². The molecule has 5 N–H and O–H groups in total. The Morgan fingerprint density at radius 1 is 1.09 bits per heavy atom. The molecule has 3 saturated heterocycles. The Hall–Kier alpha value is -5.26. The molecular weight excluding hydrogens is 603 g/mol. The average molecular weight is 641 g/mol. The van der Waals surface area contributed by atoms with Gasteiger partial charge < -0.3 is 36.1 Å². The van der Waals surface area contributed by atoms with Gasteiger partial charge in [-0.1, -0.05) is 0 Å². The number of carbonyl (C=O) groups excluding carboxylic acids is 1. The molecule has 3 fully saturated rings. The highest BCUT2D eigenvalue weighted by Crippen LogP contribution is 2.29. The number of nitriles is 1. The minimum Gasteiger partial charge on any atom is -0.486 e. The highest BCUT2D eigenvalue weighted by Gasteiger charge is 2.34. The number of benzene rings is 2. The molecule has 6 rings (SSSR count). The number of likely N-dealkylation sites (tertiary alicyclic amines) is 1. The number of nitrogens with one attached hydrogen (secondary N) is 1. The van der Waals surface area contributed by atoms with Crippen molar-refractivity contribution in [1.29, 1.82) is 5.26 Å². The van der Waals surface area contributed by atoms with E-state index >= 15 is 4.39 Å². The average Bonchev–Trinajstić information content (AvgIpc) is 3.08. The Morgan fingerprint density at radius 3 is 2.53 bits per heavy atom. The van der Waals surface area contributed by atoms with Gasteiger partial charge in [0.2, 0.25) is 5.95 Å². The first-order valence-corrected chi connectivity index (χ1v) is 15.5. The number of ether oxygens (including phenoxy) is 2. The molecule has 1 amide bonds. The summed E-state index contributed by atoms with van der Waals surface area (Å²) in [7, 11) is 0. The molecule has 1 aromatic heterocycles. The van der Waals surface area contributed by atoms with E-state index in [1.807, 2.05) is 12.1 Å². The number of carbonyl (C=O) groups is 1. The van der Waals surface area contributed by atoms with Crippen molar-refractivity contribution in [1.82, 2.24) is 24.8 Å². The number of piperazine rings is 1. The number of hydrogen-bond donors (Lipinski definition) is 3. The molecule has 3 aromatic rings. The maximum Gasteiger partial charge on any atom is 0.255 e. The topological polar surface area (TPSA) is 172 Å². The summed E-state index contributed by atoms with van der Waals surface area (Å²) in [5.74, 6) is 0.546. The van der Waals surface area contributed by atoms with Crippen LogP contribution in [-0.2, 0) is 9.53 Å². The van der Waals surface area contributed by atoms with Crippen molar-refractivity contribution in [3.05, 3.63) is 78.4 Å². The lowest BCUT2D eigenvalue weighted by Gasteiger charge is -2.43. The van der Waals surface area contributed by atoms with E-state index in [0.717, 1.165) is 51.3 Å². The van der Waals surface area contributed by atoms with Crippen LogP contribution in [0.4, 0.5) is 21.7 Å². The minimum atomic E-state index is -1.47. The van der Waals surface area contributed by atoms with Gasteiger partial charge in [-0.3, -0.25) is 9.69 Å². The molecule has 2 atom stereocenters. The zero-order valence-corrected chi connectivity index (χ0v) is 25.8. The number of nitrogens with two attached hydrogens (primary N) is 2. The van der Waals surface area contributed by atoms with E-state index in [1.54, 1.807) is 18.2 Å². The third-order valence-electron chi connectivity index (χ3n) is 8.62. The summed E-state index contributed by atoms with van der Waals surface area (Å²) in [6.07, 6.45) is 3.05. The van der Waals surface area contributed by atoms with Gasteiger partial charge in [-0.2, -0.15) is 10.2 Å². The zero-order valence-electron chi connectivity index (χ0n) is 25.8. The van der Waals surface area contributed by atoms with Crippen LogP contribution >= 0.6 is 0 Å². The summed E-state index contributed by atoms with van der Waals surface area (Å²) >= 11 is 0. The summed E-state index contributed by atoms with van der Waals surface area (Å²) in [4.78, 5) is 32.0. The molecule has 14 heteroatoms. The number of halogens is 1. The molecule has 4 heterocycles. The van der Waals surface area contributed by atoms with Crippen molar-refractivity contribution in [3.8, 4) is 23.2 Å². The van der Waals surface area contributed by atoms with Crippen LogP contribution in [0.1, 0.15) is 12.0 Å². The van der Waals surface area contributed by atoms with Gasteiger partial charge in [0.15, 0.2) is 12.0 Å². The number of piperidine rings is 1. The zero-order chi connectivity index (χ0) is 32.8. The maximum absolute atomic E-state index is 15.1. The number of amides is 1. The van der Waals surface area contributed by atoms with Gasteiger partial charge in [-0.25, -0.2) is 14.4 Å². The number of anilines is 3. The number of alkyl halides is 1. The molecule has 0 bridgehead atoms. The van der Waals surface area contributed by atoms with Crippen LogP contribution in [0.3, 0.4) is 0 Å². The second-order valence-electron chi connectivity index (χ2n) is 11.5. The maximum atomic E-state index is 15.1. The molecule has 244 valence electrons. The highest BCUT2D eigenvalue weighted by molar-refractivity contribution is 5.96. The molecule has 2 aromatic carbocycles. The van der Waals surface area contributed by atoms with Crippen molar-refractivity contribution in [2.45, 2.75) is 24.7 Å². The van der Waals surface area contributed by atoms with E-state index in [1.165, 1.54) is 29.2 Å². The second kappa shape index (κ2) is 14.4. The standard InChI is InChI=1S/C33H37FN10O3/c34-28-18-44(32(45)23(16-36)7-9-35)10-8-30(28)47-29-6-1-22(15-24(29)17-37)31-38-21-39-33(41-31)40-25-2-4-26(5-3-25)42-11-13-43(14-12-42)27-19-46-20-27/h1-7,9,15-16,21,27-28,30H,8,10-14,18-20,35-36H2,(H,38,39,40,41)/b9-7-,23-16+/t28-,30+/m1/s1. The third-order valence-corrected chi connectivity index (χ3v) is 8.62. The monoisotopic (exact) mass is 640 g/mol. The van der Waals surface area contributed by atoms with E-state index in [9.17, 15) is 10.1 Å². The SMILES string of the molecule is N#Cc1cc(-c2ncnc(Nc3ccc(N4CCN(C5COC5)CC4)cc3)n2)ccc1O[C@H]1CCN(C(=O)C(/C=C\N)=C/N)C[C@H]1F. The Morgan fingerprint density at radius 2 is 1.87 bits per heavy atom. The van der Waals surface area contributed by atoms with Gasteiger partial charge >= 0.3 is 0 Å². The van der Waals surface area contributed by atoms with Crippen LogP contribution in [0, 0.1) is 11.3 Å². The van der Waals surface area contributed by atoms with E-state index in [2.05, 4.69) is 48.3 Å². The fourth-order valence-electron chi connectivity index (χ4n) is 5.87. The fraction of sp³-hybridized carbons (Fsp3) is 0.364. The molecule has 0 radical (unpaired) electrons. The summed E-state index contributed by atoms with van der Waals surface area (Å²) in [6.45, 7) is 5.79. The number of rotatable bonds is 9. The van der Waals surface area contributed by atoms with Gasteiger partial charge in [0.25, 0.3) is 5.91 Å². The fourth-order valence-corrected chi connectivity index (χ4v) is 5.87. The van der Waals surface area contributed by atoms with E-state index in [0.29, 0.717) is 23.4 Å². The van der Waals surface area contributed by atoms with Gasteiger partial charge in [-0.15, -0.1) is 0 Å². The molecular formula is C33H37FN10O3. The highest BCUT2D eigenvalue weighted by atomic mass is 19.1. The van der Waals surface area contributed by atoms with Gasteiger partial charge in [0, 0.05) is 62.3 Å². The summed E-state index contributed by atoms with van der Waals surface area (Å²) < 4.78 is 26.4. The Kier molecular flexibility index (Phi) is 9.75. The second-order valence-corrected chi connectivity index (χ2v) is 11.5.